The summed E-state index contributed by atoms with van der Waals surface area (Å²) in [5, 5.41) is 0.694. The molecule has 1 aromatic heterocycles. The fourth-order valence-corrected chi connectivity index (χ4v) is 5.42. The minimum absolute atomic E-state index is 0.236. The van der Waals surface area contributed by atoms with Crippen molar-refractivity contribution in [1.82, 2.24) is 14.9 Å². The van der Waals surface area contributed by atoms with E-state index in [1.165, 1.54) is 5.56 Å². The first-order valence-electron chi connectivity index (χ1n) is 13.3. The molecule has 0 spiro atoms. The fraction of sp³-hybridized carbons (Fsp3) is 0.452. The van der Waals surface area contributed by atoms with Crippen LogP contribution in [0, 0.1) is 18.3 Å². The molecular weight excluding hydrogens is 480 g/mol. The van der Waals surface area contributed by atoms with E-state index in [2.05, 4.69) is 63.8 Å². The number of benzene rings is 2. The Morgan fingerprint density at radius 1 is 0.973 bits per heavy atom. The van der Waals surface area contributed by atoms with Gasteiger partial charge in [-0.1, -0.05) is 69.6 Å². The Balaban J connectivity index is 1.55. The Labute approximate surface area is 226 Å². The molecule has 1 amide bonds. The zero-order valence-corrected chi connectivity index (χ0v) is 23.6. The monoisotopic (exact) mass is 518 g/mol. The van der Waals surface area contributed by atoms with Crippen LogP contribution >= 0.6 is 11.6 Å². The molecular formula is C31H39ClN4O. The molecule has 4 rings (SSSR count). The van der Waals surface area contributed by atoms with Crippen LogP contribution in [0.5, 0.6) is 0 Å². The molecule has 0 aliphatic carbocycles. The maximum absolute atomic E-state index is 13.0. The van der Waals surface area contributed by atoms with E-state index in [0.29, 0.717) is 36.3 Å². The Bertz CT molecular complexity index is 1200. The van der Waals surface area contributed by atoms with Crippen LogP contribution in [0.4, 0.5) is 5.82 Å². The van der Waals surface area contributed by atoms with Gasteiger partial charge in [-0.25, -0.2) is 9.97 Å². The van der Waals surface area contributed by atoms with Gasteiger partial charge in [0.25, 0.3) is 0 Å². The summed E-state index contributed by atoms with van der Waals surface area (Å²) in [5.41, 5.74) is 4.54. The Morgan fingerprint density at radius 3 is 2.24 bits per heavy atom. The summed E-state index contributed by atoms with van der Waals surface area (Å²) in [6.45, 7) is 13.9. The minimum atomic E-state index is 0.236. The van der Waals surface area contributed by atoms with Crippen molar-refractivity contribution in [3.63, 3.8) is 0 Å². The first-order chi connectivity index (χ1) is 17.6. The number of carbonyl (C=O) groups excluding carboxylic acids is 1. The van der Waals surface area contributed by atoms with Crippen molar-refractivity contribution >= 4 is 23.3 Å². The van der Waals surface area contributed by atoms with Crippen LogP contribution in [0.3, 0.4) is 0 Å². The van der Waals surface area contributed by atoms with E-state index in [4.69, 9.17) is 21.6 Å². The molecule has 1 unspecified atom stereocenters. The number of carbonyl (C=O) groups is 1. The largest absolute Gasteiger partial charge is 0.353 e. The van der Waals surface area contributed by atoms with E-state index in [1.807, 2.05) is 35.2 Å². The van der Waals surface area contributed by atoms with E-state index in [-0.39, 0.29) is 11.3 Å². The molecule has 196 valence electrons. The molecule has 1 fully saturated rings. The highest BCUT2D eigenvalue weighted by atomic mass is 35.5. The van der Waals surface area contributed by atoms with Gasteiger partial charge in [0.2, 0.25) is 5.91 Å². The van der Waals surface area contributed by atoms with Gasteiger partial charge in [0, 0.05) is 60.9 Å². The topological polar surface area (TPSA) is 49.3 Å². The smallest absolute Gasteiger partial charge is 0.222 e. The molecule has 2 heterocycles. The van der Waals surface area contributed by atoms with E-state index >= 15 is 0 Å². The van der Waals surface area contributed by atoms with Crippen LogP contribution < -0.4 is 4.90 Å². The van der Waals surface area contributed by atoms with Gasteiger partial charge in [-0.2, -0.15) is 0 Å². The van der Waals surface area contributed by atoms with Crippen LogP contribution in [-0.4, -0.2) is 47.0 Å². The number of halogens is 1. The predicted molar refractivity (Wildman–Crippen MR) is 153 cm³/mol. The number of aryl methyl sites for hydroxylation is 1. The third-order valence-corrected chi connectivity index (χ3v) is 7.19. The van der Waals surface area contributed by atoms with Crippen LogP contribution in [0.2, 0.25) is 5.02 Å². The molecule has 6 heteroatoms. The van der Waals surface area contributed by atoms with Gasteiger partial charge >= 0.3 is 0 Å². The summed E-state index contributed by atoms with van der Waals surface area (Å²) in [6, 6.07) is 18.1. The molecule has 0 radical (unpaired) electrons. The van der Waals surface area contributed by atoms with Crippen molar-refractivity contribution in [2.45, 2.75) is 53.9 Å². The number of hydrogen-bond acceptors (Lipinski definition) is 4. The number of piperazine rings is 1. The van der Waals surface area contributed by atoms with Crippen molar-refractivity contribution < 1.29 is 4.79 Å². The van der Waals surface area contributed by atoms with Gasteiger partial charge in [0.05, 0.1) is 0 Å². The van der Waals surface area contributed by atoms with Gasteiger partial charge in [-0.3, -0.25) is 4.79 Å². The molecule has 1 aliphatic heterocycles. The highest BCUT2D eigenvalue weighted by molar-refractivity contribution is 6.30. The number of rotatable bonds is 7. The van der Waals surface area contributed by atoms with Crippen molar-refractivity contribution in [1.29, 1.82) is 0 Å². The summed E-state index contributed by atoms with van der Waals surface area (Å²) >= 11 is 6.12. The fourth-order valence-electron chi connectivity index (χ4n) is 5.29. The molecule has 5 nitrogen and oxygen atoms in total. The molecule has 37 heavy (non-hydrogen) atoms. The van der Waals surface area contributed by atoms with Crippen LogP contribution in [0.25, 0.3) is 11.4 Å². The molecule has 0 saturated carbocycles. The molecule has 3 aromatic rings. The molecule has 2 aromatic carbocycles. The molecule has 1 atom stereocenters. The van der Waals surface area contributed by atoms with Crippen LogP contribution in [0.1, 0.15) is 57.4 Å². The van der Waals surface area contributed by atoms with Gasteiger partial charge in [0.1, 0.15) is 5.82 Å². The lowest BCUT2D eigenvalue weighted by Crippen LogP contribution is -2.49. The maximum atomic E-state index is 13.0. The normalized spacial score (nSPS) is 15.1. The quantitative estimate of drug-likeness (QED) is 0.345. The summed E-state index contributed by atoms with van der Waals surface area (Å²) < 4.78 is 0. The van der Waals surface area contributed by atoms with E-state index in [0.717, 1.165) is 48.6 Å². The van der Waals surface area contributed by atoms with Crippen LogP contribution in [0.15, 0.2) is 54.6 Å². The lowest BCUT2D eigenvalue weighted by molar-refractivity contribution is -0.132. The second-order valence-electron chi connectivity index (χ2n) is 11.5. The van der Waals surface area contributed by atoms with Crippen molar-refractivity contribution in [2.24, 2.45) is 11.3 Å². The number of aromatic nitrogens is 2. The maximum Gasteiger partial charge on any atom is 0.222 e. The van der Waals surface area contributed by atoms with Gasteiger partial charge in [-0.15, -0.1) is 0 Å². The van der Waals surface area contributed by atoms with Crippen molar-refractivity contribution in [3.05, 3.63) is 76.4 Å². The zero-order chi connectivity index (χ0) is 26.6. The number of nitrogens with zero attached hydrogens (tertiary/aromatic N) is 4. The number of hydrogen-bond donors (Lipinski definition) is 0. The highest BCUT2D eigenvalue weighted by Crippen LogP contribution is 2.30. The first kappa shape index (κ1) is 27.1. The molecule has 1 saturated heterocycles. The van der Waals surface area contributed by atoms with Gasteiger partial charge < -0.3 is 9.80 Å². The number of anilines is 1. The van der Waals surface area contributed by atoms with Crippen molar-refractivity contribution in [3.8, 4) is 11.4 Å². The second-order valence-corrected chi connectivity index (χ2v) is 12.0. The summed E-state index contributed by atoms with van der Waals surface area (Å²) in [7, 11) is 0. The summed E-state index contributed by atoms with van der Waals surface area (Å²) in [4.78, 5) is 27.4. The Morgan fingerprint density at radius 2 is 1.62 bits per heavy atom. The highest BCUT2D eigenvalue weighted by Gasteiger charge is 2.27. The average molecular weight is 519 g/mol. The zero-order valence-electron chi connectivity index (χ0n) is 22.8. The average Bonchev–Trinajstić information content (AvgIpc) is 2.85. The van der Waals surface area contributed by atoms with E-state index < -0.39 is 0 Å². The number of amides is 1. The molecule has 0 bridgehead atoms. The third-order valence-electron chi connectivity index (χ3n) is 6.93. The van der Waals surface area contributed by atoms with Gasteiger partial charge in [-0.05, 0) is 54.5 Å². The van der Waals surface area contributed by atoms with E-state index in [1.54, 1.807) is 0 Å². The molecule has 0 N–H and O–H groups in total. The third kappa shape index (κ3) is 7.32. The summed E-state index contributed by atoms with van der Waals surface area (Å²) in [5.74, 6) is 2.32. The second kappa shape index (κ2) is 11.6. The lowest BCUT2D eigenvalue weighted by Gasteiger charge is -2.37. The Hall–Kier alpha value is -2.92. The predicted octanol–water partition coefficient (Wildman–Crippen LogP) is 6.81. The standard InChI is InChI=1S/C31H39ClN4O/c1-22(21-31(3,4)5)19-28(37)35-15-17-36(18-16-35)30-27(20-24-9-7-6-8-10-24)23(2)33-29(34-30)25-11-13-26(32)14-12-25/h6-14,22H,15-21H2,1-5H3. The molecule has 1 aliphatic rings. The van der Waals surface area contributed by atoms with Crippen molar-refractivity contribution in [2.75, 3.05) is 31.1 Å². The van der Waals surface area contributed by atoms with E-state index in [9.17, 15) is 4.79 Å². The Kier molecular flexibility index (Phi) is 8.53. The SMILES string of the molecule is Cc1nc(-c2ccc(Cl)cc2)nc(N2CCN(C(=O)CC(C)CC(C)(C)C)CC2)c1Cc1ccccc1. The van der Waals surface area contributed by atoms with Crippen LogP contribution in [-0.2, 0) is 11.2 Å². The lowest BCUT2D eigenvalue weighted by atomic mass is 9.84. The minimum Gasteiger partial charge on any atom is -0.353 e. The summed E-state index contributed by atoms with van der Waals surface area (Å²) in [6.07, 6.45) is 2.44. The first-order valence-corrected chi connectivity index (χ1v) is 13.7. The van der Waals surface area contributed by atoms with Gasteiger partial charge in [0.15, 0.2) is 5.82 Å².